The molecule has 6 nitrogen and oxygen atoms in total. The molecule has 0 radical (unpaired) electrons. The van der Waals surface area contributed by atoms with Crippen molar-refractivity contribution < 1.29 is 4.92 Å². The van der Waals surface area contributed by atoms with Crippen LogP contribution < -0.4 is 0 Å². The molecule has 2 heterocycles. The Balaban J connectivity index is 2.26. The van der Waals surface area contributed by atoms with Crippen molar-refractivity contribution in [3.05, 3.63) is 64.0 Å². The van der Waals surface area contributed by atoms with Crippen molar-refractivity contribution in [1.82, 2.24) is 9.38 Å². The van der Waals surface area contributed by atoms with Gasteiger partial charge in [-0.2, -0.15) is 5.26 Å². The number of fused-ring (bicyclic) bond motifs is 1. The number of nitriles is 1. The topological polar surface area (TPSA) is 84.2 Å². The van der Waals surface area contributed by atoms with Crippen molar-refractivity contribution in [2.45, 2.75) is 19.8 Å². The summed E-state index contributed by atoms with van der Waals surface area (Å²) in [5, 5.41) is 20.1. The van der Waals surface area contributed by atoms with Crippen LogP contribution in [0.2, 0.25) is 0 Å². The molecular formula is C17H14N4O2. The molecule has 0 N–H and O–H groups in total. The second-order valence-electron chi connectivity index (χ2n) is 5.39. The van der Waals surface area contributed by atoms with Gasteiger partial charge in [-0.05, 0) is 37.6 Å². The first-order valence-electron chi connectivity index (χ1n) is 7.15. The molecule has 0 bridgehead atoms. The van der Waals surface area contributed by atoms with Gasteiger partial charge in [-0.15, -0.1) is 0 Å². The number of imidazole rings is 1. The average Bonchev–Trinajstić information content (AvgIpc) is 2.95. The minimum atomic E-state index is -0.434. The number of nitrogens with zero attached hydrogens (tertiary/aromatic N) is 4. The maximum absolute atomic E-state index is 10.8. The highest BCUT2D eigenvalue weighted by Crippen LogP contribution is 2.31. The standard InChI is InChI=1S/C17H14N4O2/c1-11-4-3-9-20-16(12(2)10-18)15(19-17(11)20)13-5-7-14(8-6-13)21(22)23/h3-9,12H,1-2H3. The van der Waals surface area contributed by atoms with E-state index in [2.05, 4.69) is 11.1 Å². The van der Waals surface area contributed by atoms with Crippen LogP contribution in [0.4, 0.5) is 5.69 Å². The third-order valence-corrected chi connectivity index (χ3v) is 3.84. The van der Waals surface area contributed by atoms with Crippen LogP contribution in [-0.2, 0) is 0 Å². The van der Waals surface area contributed by atoms with Crippen LogP contribution in [0.15, 0.2) is 42.6 Å². The SMILES string of the molecule is Cc1cccn2c(C(C)C#N)c(-c3ccc([N+](=O)[O-])cc3)nc12. The Morgan fingerprint density at radius 2 is 2.00 bits per heavy atom. The number of benzene rings is 1. The summed E-state index contributed by atoms with van der Waals surface area (Å²) in [6.07, 6.45) is 1.88. The van der Waals surface area contributed by atoms with E-state index < -0.39 is 4.92 Å². The zero-order valence-electron chi connectivity index (χ0n) is 12.7. The minimum Gasteiger partial charge on any atom is -0.302 e. The third kappa shape index (κ3) is 2.42. The molecule has 0 aliphatic rings. The molecule has 23 heavy (non-hydrogen) atoms. The highest BCUT2D eigenvalue weighted by atomic mass is 16.6. The molecular weight excluding hydrogens is 292 g/mol. The summed E-state index contributed by atoms with van der Waals surface area (Å²) < 4.78 is 1.92. The van der Waals surface area contributed by atoms with Crippen molar-refractivity contribution in [3.63, 3.8) is 0 Å². The van der Waals surface area contributed by atoms with Gasteiger partial charge < -0.3 is 4.40 Å². The molecule has 3 aromatic rings. The van der Waals surface area contributed by atoms with Gasteiger partial charge in [-0.1, -0.05) is 6.07 Å². The second kappa shape index (κ2) is 5.54. The summed E-state index contributed by atoms with van der Waals surface area (Å²) in [5.41, 5.74) is 4.06. The van der Waals surface area contributed by atoms with E-state index in [0.717, 1.165) is 22.5 Å². The molecule has 3 rings (SSSR count). The number of rotatable bonds is 3. The first kappa shape index (κ1) is 14.7. The van der Waals surface area contributed by atoms with E-state index in [4.69, 9.17) is 0 Å². The molecule has 114 valence electrons. The number of aromatic nitrogens is 2. The molecule has 1 atom stereocenters. The van der Waals surface area contributed by atoms with Crippen LogP contribution in [0.5, 0.6) is 0 Å². The smallest absolute Gasteiger partial charge is 0.269 e. The van der Waals surface area contributed by atoms with Crippen LogP contribution in [-0.4, -0.2) is 14.3 Å². The Morgan fingerprint density at radius 1 is 1.30 bits per heavy atom. The van der Waals surface area contributed by atoms with Crippen LogP contribution >= 0.6 is 0 Å². The zero-order chi connectivity index (χ0) is 16.6. The molecule has 0 saturated carbocycles. The fourth-order valence-corrected chi connectivity index (χ4v) is 2.65. The van der Waals surface area contributed by atoms with Gasteiger partial charge in [0.25, 0.3) is 5.69 Å². The molecule has 6 heteroatoms. The van der Waals surface area contributed by atoms with Crippen molar-refractivity contribution in [2.75, 3.05) is 0 Å². The zero-order valence-corrected chi connectivity index (χ0v) is 12.7. The summed E-state index contributed by atoms with van der Waals surface area (Å²) in [6.45, 7) is 3.78. The highest BCUT2D eigenvalue weighted by Gasteiger charge is 2.20. The Bertz CT molecular complexity index is 936. The molecule has 0 amide bonds. The number of hydrogen-bond acceptors (Lipinski definition) is 4. The lowest BCUT2D eigenvalue weighted by molar-refractivity contribution is -0.384. The molecule has 0 spiro atoms. The quantitative estimate of drug-likeness (QED) is 0.543. The lowest BCUT2D eigenvalue weighted by Gasteiger charge is -2.07. The van der Waals surface area contributed by atoms with Crippen molar-refractivity contribution in [3.8, 4) is 17.3 Å². The Labute approximate surface area is 132 Å². The monoisotopic (exact) mass is 306 g/mol. The number of non-ortho nitro benzene ring substituents is 1. The van der Waals surface area contributed by atoms with Crippen LogP contribution in [0.3, 0.4) is 0 Å². The van der Waals surface area contributed by atoms with Crippen molar-refractivity contribution in [1.29, 1.82) is 5.26 Å². The van der Waals surface area contributed by atoms with E-state index in [1.807, 2.05) is 36.6 Å². The van der Waals surface area contributed by atoms with E-state index >= 15 is 0 Å². The van der Waals surface area contributed by atoms with Gasteiger partial charge in [0.2, 0.25) is 0 Å². The van der Waals surface area contributed by atoms with E-state index in [1.165, 1.54) is 12.1 Å². The third-order valence-electron chi connectivity index (χ3n) is 3.84. The van der Waals surface area contributed by atoms with E-state index in [1.54, 1.807) is 12.1 Å². The number of aryl methyl sites for hydroxylation is 1. The largest absolute Gasteiger partial charge is 0.302 e. The summed E-state index contributed by atoms with van der Waals surface area (Å²) in [4.78, 5) is 15.0. The number of pyridine rings is 1. The average molecular weight is 306 g/mol. The fourth-order valence-electron chi connectivity index (χ4n) is 2.65. The predicted molar refractivity (Wildman–Crippen MR) is 86.0 cm³/mol. The molecule has 0 saturated heterocycles. The number of hydrogen-bond donors (Lipinski definition) is 0. The van der Waals surface area contributed by atoms with Crippen LogP contribution in [0, 0.1) is 28.4 Å². The van der Waals surface area contributed by atoms with Gasteiger partial charge in [-0.25, -0.2) is 4.98 Å². The molecule has 1 aromatic carbocycles. The molecule has 0 fully saturated rings. The van der Waals surface area contributed by atoms with Crippen LogP contribution in [0.25, 0.3) is 16.9 Å². The molecule has 1 unspecified atom stereocenters. The van der Waals surface area contributed by atoms with Gasteiger partial charge in [0.05, 0.1) is 28.3 Å². The maximum atomic E-state index is 10.8. The molecule has 0 aliphatic carbocycles. The minimum absolute atomic E-state index is 0.0311. The maximum Gasteiger partial charge on any atom is 0.269 e. The van der Waals surface area contributed by atoms with Gasteiger partial charge in [-0.3, -0.25) is 10.1 Å². The Kier molecular flexibility index (Phi) is 3.54. The summed E-state index contributed by atoms with van der Waals surface area (Å²) in [7, 11) is 0. The highest BCUT2D eigenvalue weighted by molar-refractivity contribution is 5.70. The van der Waals surface area contributed by atoms with Gasteiger partial charge in [0, 0.05) is 23.9 Å². The van der Waals surface area contributed by atoms with E-state index in [9.17, 15) is 15.4 Å². The first-order chi connectivity index (χ1) is 11.0. The van der Waals surface area contributed by atoms with Gasteiger partial charge >= 0.3 is 0 Å². The normalized spacial score (nSPS) is 12.0. The summed E-state index contributed by atoms with van der Waals surface area (Å²) in [6, 6.07) is 12.4. The Hall–Kier alpha value is -3.20. The van der Waals surface area contributed by atoms with E-state index in [-0.39, 0.29) is 11.6 Å². The number of nitro benzene ring substituents is 1. The van der Waals surface area contributed by atoms with Crippen molar-refractivity contribution >= 4 is 11.3 Å². The summed E-state index contributed by atoms with van der Waals surface area (Å²) in [5.74, 6) is -0.350. The summed E-state index contributed by atoms with van der Waals surface area (Å²) >= 11 is 0. The lowest BCUT2D eigenvalue weighted by Crippen LogP contribution is -1.99. The predicted octanol–water partition coefficient (Wildman–Crippen LogP) is 3.85. The first-order valence-corrected chi connectivity index (χ1v) is 7.15. The van der Waals surface area contributed by atoms with E-state index in [0.29, 0.717) is 5.69 Å². The second-order valence-corrected chi connectivity index (χ2v) is 5.39. The van der Waals surface area contributed by atoms with Gasteiger partial charge in [0.1, 0.15) is 5.65 Å². The Morgan fingerprint density at radius 3 is 2.61 bits per heavy atom. The number of nitro groups is 1. The van der Waals surface area contributed by atoms with Gasteiger partial charge in [0.15, 0.2) is 0 Å². The fraction of sp³-hybridized carbons (Fsp3) is 0.176. The lowest BCUT2D eigenvalue weighted by atomic mass is 10.0. The van der Waals surface area contributed by atoms with Crippen LogP contribution in [0.1, 0.15) is 24.1 Å². The molecule has 2 aromatic heterocycles. The van der Waals surface area contributed by atoms with Crippen molar-refractivity contribution in [2.24, 2.45) is 0 Å². The molecule has 0 aliphatic heterocycles.